The minimum Gasteiger partial charge on any atom is -0.507 e. The zero-order valence-electron chi connectivity index (χ0n) is 14.3. The summed E-state index contributed by atoms with van der Waals surface area (Å²) in [5, 5.41) is 9.94. The van der Waals surface area contributed by atoms with Crippen molar-refractivity contribution in [2.45, 2.75) is 19.0 Å². The first-order valence-electron chi connectivity index (χ1n) is 8.26. The smallest absolute Gasteiger partial charge is 0.416 e. The molecule has 138 valence electrons. The molecule has 0 saturated carbocycles. The van der Waals surface area contributed by atoms with Crippen molar-refractivity contribution < 1.29 is 23.0 Å². The molecule has 1 fully saturated rings. The summed E-state index contributed by atoms with van der Waals surface area (Å²) in [6.07, 6.45) is -1.08. The molecule has 1 saturated heterocycles. The molecule has 4 nitrogen and oxygen atoms in total. The Labute approximate surface area is 149 Å². The summed E-state index contributed by atoms with van der Waals surface area (Å²) in [6, 6.07) is 8.20. The average molecular weight is 364 g/mol. The van der Waals surface area contributed by atoms with Gasteiger partial charge in [0.05, 0.1) is 24.0 Å². The predicted molar refractivity (Wildman–Crippen MR) is 94.8 cm³/mol. The Morgan fingerprint density at radius 1 is 1.12 bits per heavy atom. The van der Waals surface area contributed by atoms with Crippen LogP contribution in [0.5, 0.6) is 11.5 Å². The Morgan fingerprint density at radius 2 is 1.85 bits per heavy atom. The lowest BCUT2D eigenvalue weighted by Crippen LogP contribution is -2.18. The summed E-state index contributed by atoms with van der Waals surface area (Å²) in [5.41, 5.74) is 0.509. The fourth-order valence-corrected chi connectivity index (χ4v) is 2.93. The number of hydrogen-bond donors (Lipinski definition) is 1. The molecule has 26 heavy (non-hydrogen) atoms. The molecule has 0 atom stereocenters. The molecule has 0 aromatic heterocycles. The van der Waals surface area contributed by atoms with E-state index in [2.05, 4.69) is 4.99 Å². The van der Waals surface area contributed by atoms with Gasteiger partial charge in [-0.15, -0.1) is 0 Å². The van der Waals surface area contributed by atoms with Crippen molar-refractivity contribution in [3.8, 4) is 11.5 Å². The molecule has 0 unspecified atom stereocenters. The lowest BCUT2D eigenvalue weighted by atomic mass is 10.1. The lowest BCUT2D eigenvalue weighted by Gasteiger charge is -2.20. The van der Waals surface area contributed by atoms with Crippen LogP contribution in [0.15, 0.2) is 41.4 Å². The highest BCUT2D eigenvalue weighted by atomic mass is 19.4. The van der Waals surface area contributed by atoms with Crippen LogP contribution in [0.3, 0.4) is 0 Å². The maximum Gasteiger partial charge on any atom is 0.416 e. The number of benzene rings is 2. The van der Waals surface area contributed by atoms with Gasteiger partial charge in [0.2, 0.25) is 0 Å². The van der Waals surface area contributed by atoms with E-state index in [0.29, 0.717) is 17.0 Å². The van der Waals surface area contributed by atoms with Crippen LogP contribution in [0.4, 0.5) is 24.5 Å². The summed E-state index contributed by atoms with van der Waals surface area (Å²) in [7, 11) is 1.49. The first-order valence-corrected chi connectivity index (χ1v) is 8.26. The van der Waals surface area contributed by atoms with Crippen molar-refractivity contribution >= 4 is 17.6 Å². The number of phenolic OH excluding ortho intramolecular Hbond substituents is 1. The highest BCUT2D eigenvalue weighted by molar-refractivity contribution is 5.87. The Kier molecular flexibility index (Phi) is 5.06. The molecule has 2 aromatic rings. The number of aliphatic imine (C=N–C) groups is 1. The van der Waals surface area contributed by atoms with E-state index in [-0.39, 0.29) is 11.4 Å². The van der Waals surface area contributed by atoms with Gasteiger partial charge >= 0.3 is 6.18 Å². The number of ether oxygens (including phenoxy) is 1. The average Bonchev–Trinajstić information content (AvgIpc) is 3.14. The molecule has 1 aliphatic heterocycles. The molecule has 7 heteroatoms. The quantitative estimate of drug-likeness (QED) is 0.795. The van der Waals surface area contributed by atoms with Crippen LogP contribution in [0.2, 0.25) is 0 Å². The summed E-state index contributed by atoms with van der Waals surface area (Å²) in [6.45, 7) is 1.58. The standard InChI is InChI=1S/C19H19F3N2O2/c1-26-15-5-7-18(25)13(10-15)12-23-16-11-14(19(20,21)22)4-6-17(16)24-8-2-3-9-24/h4-7,10-12,25H,2-3,8-9H2,1H3. The molecular weight excluding hydrogens is 345 g/mol. The van der Waals surface area contributed by atoms with Gasteiger partial charge in [-0.1, -0.05) is 0 Å². The molecule has 0 amide bonds. The second kappa shape index (κ2) is 7.27. The van der Waals surface area contributed by atoms with Crippen LogP contribution in [-0.2, 0) is 6.18 Å². The van der Waals surface area contributed by atoms with Gasteiger partial charge in [0.25, 0.3) is 0 Å². The SMILES string of the molecule is COc1ccc(O)c(C=Nc2cc(C(F)(F)F)ccc2N2CCCC2)c1. The highest BCUT2D eigenvalue weighted by Crippen LogP contribution is 2.38. The topological polar surface area (TPSA) is 45.1 Å². The normalized spacial score (nSPS) is 15.0. The van der Waals surface area contributed by atoms with E-state index < -0.39 is 11.7 Å². The fraction of sp³-hybridized carbons (Fsp3) is 0.316. The number of alkyl halides is 3. The van der Waals surface area contributed by atoms with Crippen LogP contribution < -0.4 is 9.64 Å². The van der Waals surface area contributed by atoms with Gasteiger partial charge in [0, 0.05) is 24.9 Å². The maximum absolute atomic E-state index is 13.1. The molecule has 0 spiro atoms. The van der Waals surface area contributed by atoms with Gasteiger partial charge < -0.3 is 14.7 Å². The van der Waals surface area contributed by atoms with Gasteiger partial charge in [-0.3, -0.25) is 4.99 Å². The van der Waals surface area contributed by atoms with E-state index in [1.54, 1.807) is 12.1 Å². The Hall–Kier alpha value is -2.70. The van der Waals surface area contributed by atoms with Gasteiger partial charge in [0.1, 0.15) is 11.5 Å². The van der Waals surface area contributed by atoms with Crippen molar-refractivity contribution in [2.24, 2.45) is 4.99 Å². The third kappa shape index (κ3) is 3.92. The van der Waals surface area contributed by atoms with Crippen molar-refractivity contribution in [1.29, 1.82) is 0 Å². The highest BCUT2D eigenvalue weighted by Gasteiger charge is 2.31. The zero-order chi connectivity index (χ0) is 18.7. The van der Waals surface area contributed by atoms with Crippen LogP contribution in [0.25, 0.3) is 0 Å². The van der Waals surface area contributed by atoms with E-state index in [0.717, 1.165) is 38.1 Å². The molecule has 0 radical (unpaired) electrons. The number of anilines is 1. The second-order valence-corrected chi connectivity index (χ2v) is 6.08. The third-order valence-corrected chi connectivity index (χ3v) is 4.33. The molecule has 0 bridgehead atoms. The minimum atomic E-state index is -4.44. The van der Waals surface area contributed by atoms with E-state index in [9.17, 15) is 18.3 Å². The largest absolute Gasteiger partial charge is 0.507 e. The first kappa shape index (κ1) is 18.1. The van der Waals surface area contributed by atoms with Crippen LogP contribution in [0, 0.1) is 0 Å². The number of halogens is 3. The van der Waals surface area contributed by atoms with Gasteiger partial charge in [-0.05, 0) is 49.2 Å². The van der Waals surface area contributed by atoms with Gasteiger partial charge in [-0.25, -0.2) is 0 Å². The van der Waals surface area contributed by atoms with Crippen LogP contribution in [-0.4, -0.2) is 31.5 Å². The van der Waals surface area contributed by atoms with E-state index in [1.165, 1.54) is 25.5 Å². The van der Waals surface area contributed by atoms with E-state index >= 15 is 0 Å². The third-order valence-electron chi connectivity index (χ3n) is 4.33. The van der Waals surface area contributed by atoms with Crippen LogP contribution in [0.1, 0.15) is 24.0 Å². The number of rotatable bonds is 4. The monoisotopic (exact) mass is 364 g/mol. The number of hydrogen-bond acceptors (Lipinski definition) is 4. The second-order valence-electron chi connectivity index (χ2n) is 6.08. The maximum atomic E-state index is 13.1. The lowest BCUT2D eigenvalue weighted by molar-refractivity contribution is -0.137. The molecule has 0 aliphatic carbocycles. The van der Waals surface area contributed by atoms with Gasteiger partial charge in [-0.2, -0.15) is 13.2 Å². The molecule has 1 aliphatic rings. The van der Waals surface area contributed by atoms with Crippen molar-refractivity contribution in [1.82, 2.24) is 0 Å². The zero-order valence-corrected chi connectivity index (χ0v) is 14.3. The van der Waals surface area contributed by atoms with Gasteiger partial charge in [0.15, 0.2) is 0 Å². The Balaban J connectivity index is 2.01. The summed E-state index contributed by atoms with van der Waals surface area (Å²) in [5.74, 6) is 0.498. The number of nitrogens with zero attached hydrogens (tertiary/aromatic N) is 2. The van der Waals surface area contributed by atoms with Crippen LogP contribution >= 0.6 is 0 Å². The summed E-state index contributed by atoms with van der Waals surface area (Å²) < 4.78 is 44.3. The van der Waals surface area contributed by atoms with Crippen molar-refractivity contribution in [3.63, 3.8) is 0 Å². The molecule has 3 rings (SSSR count). The summed E-state index contributed by atoms with van der Waals surface area (Å²) >= 11 is 0. The molecular formula is C19H19F3N2O2. The molecule has 1 heterocycles. The van der Waals surface area contributed by atoms with Crippen molar-refractivity contribution in [3.05, 3.63) is 47.5 Å². The number of methoxy groups -OCH3 is 1. The number of phenols is 1. The Morgan fingerprint density at radius 3 is 2.50 bits per heavy atom. The van der Waals surface area contributed by atoms with E-state index in [1.807, 2.05) is 4.90 Å². The summed E-state index contributed by atoms with van der Waals surface area (Å²) in [4.78, 5) is 6.28. The Bertz CT molecular complexity index is 813. The first-order chi connectivity index (χ1) is 12.4. The molecule has 2 aromatic carbocycles. The van der Waals surface area contributed by atoms with E-state index in [4.69, 9.17) is 4.74 Å². The number of aromatic hydroxyl groups is 1. The fourth-order valence-electron chi connectivity index (χ4n) is 2.93. The minimum absolute atomic E-state index is 0.0238. The van der Waals surface area contributed by atoms with Crippen molar-refractivity contribution in [2.75, 3.05) is 25.1 Å². The molecule has 1 N–H and O–H groups in total. The predicted octanol–water partition coefficient (Wildman–Crippen LogP) is 4.77.